The van der Waals surface area contributed by atoms with Crippen molar-refractivity contribution >= 4 is 22.7 Å². The van der Waals surface area contributed by atoms with Crippen LogP contribution in [-0.2, 0) is 0 Å². The molecule has 0 N–H and O–H groups in total. The number of rotatable bonds is 3. The van der Waals surface area contributed by atoms with Crippen LogP contribution in [0.2, 0.25) is 5.62 Å². The first-order chi connectivity index (χ1) is 3.35. The molecule has 0 radical (unpaired) electrons. The summed E-state index contributed by atoms with van der Waals surface area (Å²) in [6, 6.07) is 0. The summed E-state index contributed by atoms with van der Waals surface area (Å²) in [5.41, 5.74) is -1.01. The molecule has 0 fully saturated rings. The Bertz CT molecular complexity index is 31.7. The molecule has 0 atom stereocenters. The lowest BCUT2D eigenvalue weighted by Gasteiger charge is -1.90. The Labute approximate surface area is 42.3 Å². The maximum Gasteiger partial charge on any atom is 0.325 e. The van der Waals surface area contributed by atoms with Gasteiger partial charge < -0.3 is 12.9 Å². The zero-order valence-electron chi connectivity index (χ0n) is 3.83. The van der Waals surface area contributed by atoms with E-state index in [2.05, 4.69) is 0 Å². The van der Waals surface area contributed by atoms with Gasteiger partial charge in [0.25, 0.3) is 0 Å². The minimum Gasteiger partial charge on any atom is -0.343 e. The monoisotopic (exact) mass is 106 g/mol. The van der Waals surface area contributed by atoms with Crippen molar-refractivity contribution in [2.24, 2.45) is 0 Å². The first-order valence-electron chi connectivity index (χ1n) is 2.03. The molecule has 0 saturated heterocycles. The van der Waals surface area contributed by atoms with E-state index < -0.39 is 28.3 Å². The van der Waals surface area contributed by atoms with E-state index in [4.69, 9.17) is 0 Å². The zero-order valence-corrected chi connectivity index (χ0v) is 3.83. The molecular weight excluding hydrogens is 101 g/mol. The van der Waals surface area contributed by atoms with Crippen molar-refractivity contribution in [2.45, 2.75) is 5.62 Å². The fourth-order valence-corrected chi connectivity index (χ4v) is 0.124. The van der Waals surface area contributed by atoms with Gasteiger partial charge in [0.05, 0.1) is 0 Å². The quantitative estimate of drug-likeness (QED) is 0.431. The summed E-state index contributed by atoms with van der Waals surface area (Å²) in [5, 5.41) is 0. The molecule has 0 bridgehead atoms. The summed E-state index contributed by atoms with van der Waals surface area (Å²) in [6.45, 7) is 0. The molecule has 0 amide bonds. The molecule has 0 aliphatic carbocycles. The SMILES string of the molecule is FBC(BF)BF. The van der Waals surface area contributed by atoms with Crippen molar-refractivity contribution in [3.63, 3.8) is 0 Å². The average molecular weight is 105 g/mol. The van der Waals surface area contributed by atoms with E-state index in [-0.39, 0.29) is 0 Å². The number of hydrogen-bond donors (Lipinski definition) is 0. The number of halogens is 3. The Morgan fingerprint density at radius 1 is 0.857 bits per heavy atom. The largest absolute Gasteiger partial charge is 0.343 e. The molecule has 0 nitrogen and oxygen atoms in total. The second-order valence-corrected chi connectivity index (χ2v) is 1.33. The topological polar surface area (TPSA) is 0 Å². The van der Waals surface area contributed by atoms with Crippen LogP contribution in [0.1, 0.15) is 0 Å². The van der Waals surface area contributed by atoms with E-state index in [9.17, 15) is 12.9 Å². The summed E-state index contributed by atoms with van der Waals surface area (Å²) in [5.74, 6) is 0. The molecule has 0 aromatic rings. The van der Waals surface area contributed by atoms with Gasteiger partial charge in [0, 0.05) is 0 Å². The average Bonchev–Trinajstić information content (AvgIpc) is 1.72. The fourth-order valence-electron chi connectivity index (χ4n) is 0.124. The second-order valence-electron chi connectivity index (χ2n) is 1.33. The smallest absolute Gasteiger partial charge is 0.325 e. The highest BCUT2D eigenvalue weighted by molar-refractivity contribution is 6.69. The van der Waals surface area contributed by atoms with Gasteiger partial charge in [0.2, 0.25) is 0 Å². The molecule has 0 rings (SSSR count). The van der Waals surface area contributed by atoms with Gasteiger partial charge in [-0.1, -0.05) is 0 Å². The first kappa shape index (κ1) is 6.98. The van der Waals surface area contributed by atoms with Gasteiger partial charge in [0.1, 0.15) is 0 Å². The molecule has 7 heavy (non-hydrogen) atoms. The molecular formula is CH4B3F3. The Balaban J connectivity index is 2.99. The van der Waals surface area contributed by atoms with Crippen LogP contribution in [0.5, 0.6) is 0 Å². The van der Waals surface area contributed by atoms with Crippen LogP contribution in [0.25, 0.3) is 0 Å². The lowest BCUT2D eigenvalue weighted by molar-refractivity contribution is 0.811. The van der Waals surface area contributed by atoms with Crippen molar-refractivity contribution in [1.29, 1.82) is 0 Å². The Kier molecular flexibility index (Phi) is 4.14. The van der Waals surface area contributed by atoms with Crippen LogP contribution in [0, 0.1) is 0 Å². The molecule has 0 aromatic heterocycles. The zero-order chi connectivity index (χ0) is 5.70. The van der Waals surface area contributed by atoms with Gasteiger partial charge in [-0.3, -0.25) is 0 Å². The van der Waals surface area contributed by atoms with Crippen LogP contribution in [0.4, 0.5) is 12.9 Å². The van der Waals surface area contributed by atoms with Crippen LogP contribution < -0.4 is 0 Å². The van der Waals surface area contributed by atoms with Crippen molar-refractivity contribution in [3.8, 4) is 0 Å². The summed E-state index contributed by atoms with van der Waals surface area (Å²) < 4.78 is 33.5. The fraction of sp³-hybridized carbons (Fsp3) is 1.00. The highest BCUT2D eigenvalue weighted by Crippen LogP contribution is 1.97. The van der Waals surface area contributed by atoms with Gasteiger partial charge >= 0.3 is 22.7 Å². The molecule has 0 unspecified atom stereocenters. The lowest BCUT2D eigenvalue weighted by atomic mass is 9.51. The van der Waals surface area contributed by atoms with Crippen LogP contribution >= 0.6 is 0 Å². The van der Waals surface area contributed by atoms with Gasteiger partial charge in [-0.25, -0.2) is 0 Å². The maximum absolute atomic E-state index is 11.2. The van der Waals surface area contributed by atoms with E-state index in [1.165, 1.54) is 0 Å². The van der Waals surface area contributed by atoms with Crippen molar-refractivity contribution < 1.29 is 12.9 Å². The Hall–Kier alpha value is -0.0152. The Morgan fingerprint density at radius 3 is 1.14 bits per heavy atom. The summed E-state index contributed by atoms with van der Waals surface area (Å²) in [7, 11) is -2.69. The molecule has 0 aliphatic heterocycles. The second kappa shape index (κ2) is 4.15. The standard InChI is InChI=1S/CH4B3F3/c5-2-1(3-6)4-7/h1-4H. The summed E-state index contributed by atoms with van der Waals surface area (Å²) in [6.07, 6.45) is 0. The number of hydrogen-bond acceptors (Lipinski definition) is 0. The summed E-state index contributed by atoms with van der Waals surface area (Å²) in [4.78, 5) is 0. The highest BCUT2D eigenvalue weighted by atomic mass is 19.1. The predicted octanol–water partition coefficient (Wildman–Crippen LogP) is -0.347. The van der Waals surface area contributed by atoms with Crippen LogP contribution in [0.3, 0.4) is 0 Å². The van der Waals surface area contributed by atoms with Gasteiger partial charge in [-0.15, -0.1) is 0 Å². The van der Waals surface area contributed by atoms with E-state index in [1.54, 1.807) is 0 Å². The van der Waals surface area contributed by atoms with E-state index in [1.807, 2.05) is 0 Å². The molecule has 0 heterocycles. The molecule has 0 saturated carbocycles. The Morgan fingerprint density at radius 2 is 1.14 bits per heavy atom. The minimum atomic E-state index is -1.01. The van der Waals surface area contributed by atoms with Crippen molar-refractivity contribution in [2.75, 3.05) is 0 Å². The van der Waals surface area contributed by atoms with Crippen molar-refractivity contribution in [1.82, 2.24) is 0 Å². The summed E-state index contributed by atoms with van der Waals surface area (Å²) >= 11 is 0. The third kappa shape index (κ3) is 2.65. The normalized spacial score (nSPS) is 8.57. The van der Waals surface area contributed by atoms with Crippen LogP contribution in [-0.4, -0.2) is 22.7 Å². The van der Waals surface area contributed by atoms with Crippen LogP contribution in [0.15, 0.2) is 0 Å². The van der Waals surface area contributed by atoms with Gasteiger partial charge in [-0.05, 0) is 5.62 Å². The molecule has 0 spiro atoms. The predicted molar refractivity (Wildman–Crippen MR) is 28.5 cm³/mol. The molecule has 0 aliphatic rings. The van der Waals surface area contributed by atoms with Gasteiger partial charge in [0.15, 0.2) is 0 Å². The molecule has 6 heteroatoms. The lowest BCUT2D eigenvalue weighted by Crippen LogP contribution is -2.08. The maximum atomic E-state index is 11.2. The van der Waals surface area contributed by atoms with Crippen molar-refractivity contribution in [3.05, 3.63) is 0 Å². The minimum absolute atomic E-state index is 0.896. The van der Waals surface area contributed by atoms with E-state index in [0.717, 1.165) is 0 Å². The van der Waals surface area contributed by atoms with E-state index in [0.29, 0.717) is 0 Å². The third-order valence-corrected chi connectivity index (χ3v) is 0.655. The van der Waals surface area contributed by atoms with Gasteiger partial charge in [-0.2, -0.15) is 0 Å². The first-order valence-corrected chi connectivity index (χ1v) is 2.03. The highest BCUT2D eigenvalue weighted by Gasteiger charge is 2.13. The molecule has 38 valence electrons. The third-order valence-electron chi connectivity index (χ3n) is 0.655. The molecule has 0 aromatic carbocycles. The van der Waals surface area contributed by atoms with E-state index >= 15 is 0 Å².